The molecular formula is C18H25NO3S2. The number of allylic oxidation sites excluding steroid dienone is 4. The number of carbonyl (C=O) groups is 2. The summed E-state index contributed by atoms with van der Waals surface area (Å²) in [5.74, 6) is -0.555. The molecule has 132 valence electrons. The average molecular weight is 368 g/mol. The summed E-state index contributed by atoms with van der Waals surface area (Å²) < 4.78 is 0.505. The van der Waals surface area contributed by atoms with Gasteiger partial charge in [0.05, 0.1) is 4.91 Å². The van der Waals surface area contributed by atoms with Gasteiger partial charge in [-0.2, -0.15) is 0 Å². The van der Waals surface area contributed by atoms with Gasteiger partial charge in [0.15, 0.2) is 0 Å². The van der Waals surface area contributed by atoms with Crippen molar-refractivity contribution in [2.45, 2.75) is 46.0 Å². The van der Waals surface area contributed by atoms with E-state index in [-0.39, 0.29) is 12.3 Å². The van der Waals surface area contributed by atoms with Crippen LogP contribution in [-0.2, 0) is 9.59 Å². The third kappa shape index (κ3) is 6.24. The fourth-order valence-corrected chi connectivity index (χ4v) is 3.71. The number of rotatable bonds is 10. The quantitative estimate of drug-likeness (QED) is 0.349. The van der Waals surface area contributed by atoms with E-state index >= 15 is 0 Å². The van der Waals surface area contributed by atoms with Crippen molar-refractivity contribution < 1.29 is 14.7 Å². The Morgan fingerprint density at radius 2 is 2.17 bits per heavy atom. The molecule has 0 aromatic rings. The second-order valence-electron chi connectivity index (χ2n) is 5.62. The van der Waals surface area contributed by atoms with Crippen LogP contribution in [0.15, 0.2) is 35.3 Å². The molecule has 4 nitrogen and oxygen atoms in total. The van der Waals surface area contributed by atoms with Gasteiger partial charge in [0.1, 0.15) is 4.32 Å². The van der Waals surface area contributed by atoms with E-state index in [4.69, 9.17) is 17.3 Å². The van der Waals surface area contributed by atoms with Crippen LogP contribution in [0, 0.1) is 5.92 Å². The standard InChI is InChI=1S/C18H25NO3S2/c1-4-8-13(5-2)11-14(6-3)12-15-17(22)19(18(23)24-15)10-7-9-16(20)21/h4,11-13H,1,5-10H2,2-3H3,(H,20,21)/b14-11-,15-12+. The van der Waals surface area contributed by atoms with E-state index in [0.717, 1.165) is 24.8 Å². The van der Waals surface area contributed by atoms with E-state index in [0.29, 0.717) is 28.1 Å². The second-order valence-corrected chi connectivity index (χ2v) is 7.29. The summed E-state index contributed by atoms with van der Waals surface area (Å²) in [5, 5.41) is 8.71. The molecule has 0 saturated carbocycles. The first-order valence-corrected chi connectivity index (χ1v) is 9.44. The zero-order valence-corrected chi connectivity index (χ0v) is 15.9. The summed E-state index contributed by atoms with van der Waals surface area (Å²) in [7, 11) is 0. The van der Waals surface area contributed by atoms with E-state index in [1.54, 1.807) is 0 Å². The molecule has 0 spiro atoms. The van der Waals surface area contributed by atoms with Gasteiger partial charge >= 0.3 is 5.97 Å². The SMILES string of the molecule is C=CCC(/C=C(\C=C1\SC(=S)N(CCCC(=O)O)C1=O)CC)CC. The minimum absolute atomic E-state index is 0.0377. The van der Waals surface area contributed by atoms with Crippen molar-refractivity contribution in [3.63, 3.8) is 0 Å². The van der Waals surface area contributed by atoms with Gasteiger partial charge < -0.3 is 5.11 Å². The lowest BCUT2D eigenvalue weighted by atomic mass is 9.98. The Bertz CT molecular complexity index is 567. The van der Waals surface area contributed by atoms with Gasteiger partial charge in [0.2, 0.25) is 0 Å². The van der Waals surface area contributed by atoms with Crippen LogP contribution in [-0.4, -0.2) is 32.7 Å². The summed E-state index contributed by atoms with van der Waals surface area (Å²) in [5.41, 5.74) is 1.12. The maximum absolute atomic E-state index is 12.5. The number of carboxylic acid groups (broad SMARTS) is 1. The topological polar surface area (TPSA) is 57.6 Å². The molecule has 0 aliphatic carbocycles. The molecule has 1 atom stereocenters. The smallest absolute Gasteiger partial charge is 0.303 e. The van der Waals surface area contributed by atoms with E-state index in [1.165, 1.54) is 16.7 Å². The highest BCUT2D eigenvalue weighted by Crippen LogP contribution is 2.32. The Morgan fingerprint density at radius 1 is 1.46 bits per heavy atom. The molecule has 1 unspecified atom stereocenters. The van der Waals surface area contributed by atoms with E-state index in [2.05, 4.69) is 26.5 Å². The Kier molecular flexibility index (Phi) is 9.00. The van der Waals surface area contributed by atoms with Crippen molar-refractivity contribution in [1.82, 2.24) is 4.90 Å². The maximum Gasteiger partial charge on any atom is 0.303 e. The molecule has 0 bridgehead atoms. The zero-order chi connectivity index (χ0) is 18.1. The van der Waals surface area contributed by atoms with Crippen molar-refractivity contribution in [2.24, 2.45) is 5.92 Å². The molecule has 0 aromatic carbocycles. The van der Waals surface area contributed by atoms with Gasteiger partial charge in [-0.25, -0.2) is 0 Å². The molecule has 6 heteroatoms. The third-order valence-electron chi connectivity index (χ3n) is 3.81. The number of nitrogens with zero attached hydrogens (tertiary/aromatic N) is 1. The normalized spacial score (nSPS) is 18.3. The first kappa shape index (κ1) is 20.6. The molecule has 1 N–H and O–H groups in total. The van der Waals surface area contributed by atoms with Crippen molar-refractivity contribution >= 4 is 40.2 Å². The Balaban J connectivity index is 2.84. The molecule has 1 amide bonds. The van der Waals surface area contributed by atoms with Gasteiger partial charge in [-0.05, 0) is 37.7 Å². The maximum atomic E-state index is 12.5. The summed E-state index contributed by atoms with van der Waals surface area (Å²) in [6, 6.07) is 0. The van der Waals surface area contributed by atoms with Crippen LogP contribution in [0.3, 0.4) is 0 Å². The largest absolute Gasteiger partial charge is 0.481 e. The van der Waals surface area contributed by atoms with Crippen molar-refractivity contribution in [3.8, 4) is 0 Å². The summed E-state index contributed by atoms with van der Waals surface area (Å²) in [6.07, 6.45) is 9.28. The second kappa shape index (κ2) is 10.5. The fourth-order valence-electron chi connectivity index (χ4n) is 2.39. The molecule has 0 radical (unpaired) electrons. The zero-order valence-electron chi connectivity index (χ0n) is 14.3. The lowest BCUT2D eigenvalue weighted by Gasteiger charge is -2.13. The highest BCUT2D eigenvalue weighted by molar-refractivity contribution is 8.26. The van der Waals surface area contributed by atoms with Gasteiger partial charge in [0, 0.05) is 13.0 Å². The number of carbonyl (C=O) groups excluding carboxylic acids is 1. The molecule has 24 heavy (non-hydrogen) atoms. The molecule has 1 saturated heterocycles. The van der Waals surface area contributed by atoms with Crippen LogP contribution in [0.4, 0.5) is 0 Å². The Labute approximate surface area is 153 Å². The van der Waals surface area contributed by atoms with Gasteiger partial charge in [-0.3, -0.25) is 14.5 Å². The molecule has 1 rings (SSSR count). The monoisotopic (exact) mass is 367 g/mol. The van der Waals surface area contributed by atoms with Crippen molar-refractivity contribution in [3.05, 3.63) is 35.3 Å². The van der Waals surface area contributed by atoms with Crippen LogP contribution in [0.2, 0.25) is 0 Å². The van der Waals surface area contributed by atoms with Crippen molar-refractivity contribution in [1.29, 1.82) is 0 Å². The number of amides is 1. The molecular weight excluding hydrogens is 342 g/mol. The highest BCUT2D eigenvalue weighted by Gasteiger charge is 2.31. The molecule has 1 aliphatic heterocycles. The predicted molar refractivity (Wildman–Crippen MR) is 104 cm³/mol. The highest BCUT2D eigenvalue weighted by atomic mass is 32.2. The van der Waals surface area contributed by atoms with Crippen LogP contribution in [0.5, 0.6) is 0 Å². The first-order chi connectivity index (χ1) is 11.4. The molecule has 1 heterocycles. The predicted octanol–water partition coefficient (Wildman–Crippen LogP) is 4.53. The van der Waals surface area contributed by atoms with Crippen LogP contribution in [0.25, 0.3) is 0 Å². The van der Waals surface area contributed by atoms with Crippen LogP contribution < -0.4 is 0 Å². The first-order valence-electron chi connectivity index (χ1n) is 8.21. The Morgan fingerprint density at radius 3 is 2.71 bits per heavy atom. The molecule has 0 aromatic heterocycles. The summed E-state index contributed by atoms with van der Waals surface area (Å²) in [6.45, 7) is 8.35. The van der Waals surface area contributed by atoms with Crippen LogP contribution in [0.1, 0.15) is 46.0 Å². The number of hydrogen-bond acceptors (Lipinski definition) is 4. The Hall–Kier alpha value is -1.40. The number of thiocarbonyl (C=S) groups is 1. The van der Waals surface area contributed by atoms with Gasteiger partial charge in [0.25, 0.3) is 5.91 Å². The molecule has 1 aliphatic rings. The van der Waals surface area contributed by atoms with Gasteiger partial charge in [-0.1, -0.05) is 55.6 Å². The lowest BCUT2D eigenvalue weighted by molar-refractivity contribution is -0.137. The van der Waals surface area contributed by atoms with Crippen molar-refractivity contribution in [2.75, 3.05) is 6.54 Å². The minimum Gasteiger partial charge on any atom is -0.481 e. The summed E-state index contributed by atoms with van der Waals surface area (Å²) >= 11 is 6.55. The number of hydrogen-bond donors (Lipinski definition) is 1. The summed E-state index contributed by atoms with van der Waals surface area (Å²) in [4.78, 5) is 25.2. The fraction of sp³-hybridized carbons (Fsp3) is 0.500. The van der Waals surface area contributed by atoms with E-state index < -0.39 is 5.97 Å². The van der Waals surface area contributed by atoms with E-state index in [9.17, 15) is 9.59 Å². The number of thioether (sulfide) groups is 1. The van der Waals surface area contributed by atoms with Gasteiger partial charge in [-0.15, -0.1) is 6.58 Å². The lowest BCUT2D eigenvalue weighted by Crippen LogP contribution is -2.29. The average Bonchev–Trinajstić information content (AvgIpc) is 2.80. The van der Waals surface area contributed by atoms with E-state index in [1.807, 2.05) is 12.2 Å². The van der Waals surface area contributed by atoms with Crippen LogP contribution >= 0.6 is 24.0 Å². The number of carboxylic acids is 1. The molecule has 1 fully saturated rings. The minimum atomic E-state index is -0.861. The number of aliphatic carboxylic acids is 1. The third-order valence-corrected chi connectivity index (χ3v) is 5.19.